The fourth-order valence-corrected chi connectivity index (χ4v) is 4.31. The van der Waals surface area contributed by atoms with Crippen LogP contribution in [0.15, 0.2) is 48.5 Å². The molecule has 1 amide bonds. The lowest BCUT2D eigenvalue weighted by Crippen LogP contribution is -2.46. The summed E-state index contributed by atoms with van der Waals surface area (Å²) in [6, 6.07) is 16.2. The Hall–Kier alpha value is -2.43. The van der Waals surface area contributed by atoms with Crippen LogP contribution >= 0.6 is 11.6 Å². The standard InChI is InChI=1S/C22H20ClN3O/c23-17-6-3-14-5-8-20(25-21(14)11-17)15-4-7-19-16(10-15)13-26(22(19)27)18-2-1-9-24-12-18/h3-8,10-11,18,24H,1-2,9,12-13H2. The van der Waals surface area contributed by atoms with Gasteiger partial charge in [-0.1, -0.05) is 29.8 Å². The van der Waals surface area contributed by atoms with Gasteiger partial charge < -0.3 is 10.2 Å². The Morgan fingerprint density at radius 2 is 2.00 bits per heavy atom. The Morgan fingerprint density at radius 3 is 2.85 bits per heavy atom. The molecule has 2 aromatic carbocycles. The summed E-state index contributed by atoms with van der Waals surface area (Å²) >= 11 is 6.11. The zero-order chi connectivity index (χ0) is 18.4. The first kappa shape index (κ1) is 16.7. The number of fused-ring (bicyclic) bond motifs is 2. The lowest BCUT2D eigenvalue weighted by Gasteiger charge is -2.31. The Labute approximate surface area is 163 Å². The van der Waals surface area contributed by atoms with E-state index >= 15 is 0 Å². The first-order valence-corrected chi connectivity index (χ1v) is 9.78. The number of benzene rings is 2. The van der Waals surface area contributed by atoms with Crippen LogP contribution in [-0.4, -0.2) is 34.9 Å². The van der Waals surface area contributed by atoms with Crippen LogP contribution in [0.2, 0.25) is 5.02 Å². The summed E-state index contributed by atoms with van der Waals surface area (Å²) in [5.74, 6) is 0.156. The highest BCUT2D eigenvalue weighted by molar-refractivity contribution is 6.31. The van der Waals surface area contributed by atoms with Gasteiger partial charge in [-0.3, -0.25) is 4.79 Å². The number of piperidine rings is 1. The Kier molecular flexibility index (Phi) is 4.10. The van der Waals surface area contributed by atoms with Gasteiger partial charge in [0, 0.05) is 40.7 Å². The number of pyridine rings is 1. The van der Waals surface area contributed by atoms with Crippen LogP contribution in [0.3, 0.4) is 0 Å². The van der Waals surface area contributed by atoms with Crippen molar-refractivity contribution in [2.75, 3.05) is 13.1 Å². The minimum Gasteiger partial charge on any atom is -0.330 e. The fraction of sp³-hybridized carbons (Fsp3) is 0.273. The lowest BCUT2D eigenvalue weighted by molar-refractivity contribution is 0.0674. The van der Waals surface area contributed by atoms with Gasteiger partial charge in [0.1, 0.15) is 0 Å². The molecule has 0 radical (unpaired) electrons. The van der Waals surface area contributed by atoms with E-state index in [-0.39, 0.29) is 5.91 Å². The highest BCUT2D eigenvalue weighted by atomic mass is 35.5. The fourth-order valence-electron chi connectivity index (χ4n) is 4.15. The number of halogens is 1. The third kappa shape index (κ3) is 2.99. The van der Waals surface area contributed by atoms with Gasteiger partial charge in [-0.25, -0.2) is 4.98 Å². The summed E-state index contributed by atoms with van der Waals surface area (Å²) in [5.41, 5.74) is 4.74. The van der Waals surface area contributed by atoms with Crippen LogP contribution in [0, 0.1) is 0 Å². The molecule has 1 saturated heterocycles. The maximum absolute atomic E-state index is 12.8. The van der Waals surface area contributed by atoms with E-state index in [1.165, 1.54) is 0 Å². The molecule has 0 spiro atoms. The van der Waals surface area contributed by atoms with Crippen molar-refractivity contribution in [3.8, 4) is 11.3 Å². The number of carbonyl (C=O) groups is 1. The zero-order valence-electron chi connectivity index (χ0n) is 14.9. The second kappa shape index (κ2) is 6.63. The van der Waals surface area contributed by atoms with Crippen molar-refractivity contribution in [3.05, 3.63) is 64.7 Å². The number of nitrogens with one attached hydrogen (secondary N) is 1. The molecular weight excluding hydrogens is 358 g/mol. The summed E-state index contributed by atoms with van der Waals surface area (Å²) in [7, 11) is 0. The lowest BCUT2D eigenvalue weighted by atomic mass is 10.0. The van der Waals surface area contributed by atoms with Crippen molar-refractivity contribution >= 4 is 28.4 Å². The van der Waals surface area contributed by atoms with Gasteiger partial charge >= 0.3 is 0 Å². The molecule has 0 bridgehead atoms. The smallest absolute Gasteiger partial charge is 0.254 e. The van der Waals surface area contributed by atoms with E-state index in [4.69, 9.17) is 16.6 Å². The predicted octanol–water partition coefficient (Wildman–Crippen LogP) is 4.26. The third-order valence-electron chi connectivity index (χ3n) is 5.60. The molecule has 4 nitrogen and oxygen atoms in total. The molecule has 3 heterocycles. The average molecular weight is 378 g/mol. The second-order valence-electron chi connectivity index (χ2n) is 7.34. The van der Waals surface area contributed by atoms with Gasteiger partial charge in [-0.15, -0.1) is 0 Å². The van der Waals surface area contributed by atoms with Crippen molar-refractivity contribution in [2.24, 2.45) is 0 Å². The number of nitrogens with zero attached hydrogens (tertiary/aromatic N) is 2. The number of hydrogen-bond acceptors (Lipinski definition) is 3. The molecule has 1 atom stereocenters. The van der Waals surface area contributed by atoms with Gasteiger partial charge in [-0.2, -0.15) is 0 Å². The molecule has 136 valence electrons. The first-order chi connectivity index (χ1) is 13.2. The van der Waals surface area contributed by atoms with Crippen LogP contribution < -0.4 is 5.32 Å². The van der Waals surface area contributed by atoms with Crippen molar-refractivity contribution < 1.29 is 4.79 Å². The Balaban J connectivity index is 1.48. The van der Waals surface area contributed by atoms with Crippen LogP contribution in [0.5, 0.6) is 0 Å². The van der Waals surface area contributed by atoms with E-state index in [1.54, 1.807) is 0 Å². The van der Waals surface area contributed by atoms with Crippen molar-refractivity contribution in [1.29, 1.82) is 0 Å². The van der Waals surface area contributed by atoms with E-state index in [0.29, 0.717) is 17.6 Å². The molecule has 2 aliphatic heterocycles. The van der Waals surface area contributed by atoms with Crippen molar-refractivity contribution in [3.63, 3.8) is 0 Å². The minimum atomic E-state index is 0.156. The van der Waals surface area contributed by atoms with Gasteiger partial charge in [-0.05, 0) is 55.3 Å². The Bertz CT molecular complexity index is 1040. The molecule has 0 aliphatic carbocycles. The molecule has 5 rings (SSSR count). The van der Waals surface area contributed by atoms with Crippen LogP contribution in [0.4, 0.5) is 0 Å². The summed E-state index contributed by atoms with van der Waals surface area (Å²) in [4.78, 5) is 19.6. The topological polar surface area (TPSA) is 45.2 Å². The summed E-state index contributed by atoms with van der Waals surface area (Å²) in [6.07, 6.45) is 2.20. The summed E-state index contributed by atoms with van der Waals surface area (Å²) in [6.45, 7) is 2.63. The van der Waals surface area contributed by atoms with Crippen LogP contribution in [0.1, 0.15) is 28.8 Å². The zero-order valence-corrected chi connectivity index (χ0v) is 15.7. The number of rotatable bonds is 2. The highest BCUT2D eigenvalue weighted by Crippen LogP contribution is 2.31. The third-order valence-corrected chi connectivity index (χ3v) is 5.83. The molecule has 0 saturated carbocycles. The molecule has 5 heteroatoms. The minimum absolute atomic E-state index is 0.156. The number of hydrogen-bond donors (Lipinski definition) is 1. The van der Waals surface area contributed by atoms with Crippen molar-refractivity contribution in [2.45, 2.75) is 25.4 Å². The van der Waals surface area contributed by atoms with E-state index < -0.39 is 0 Å². The molecule has 1 N–H and O–H groups in total. The maximum atomic E-state index is 12.8. The van der Waals surface area contributed by atoms with Crippen LogP contribution in [0.25, 0.3) is 22.2 Å². The van der Waals surface area contributed by atoms with Gasteiger partial charge in [0.2, 0.25) is 0 Å². The molecule has 1 aromatic heterocycles. The summed E-state index contributed by atoms with van der Waals surface area (Å²) in [5, 5.41) is 5.15. The molecule has 1 fully saturated rings. The first-order valence-electron chi connectivity index (χ1n) is 9.40. The monoisotopic (exact) mass is 377 g/mol. The molecule has 27 heavy (non-hydrogen) atoms. The summed E-state index contributed by atoms with van der Waals surface area (Å²) < 4.78 is 0. The van der Waals surface area contributed by atoms with E-state index in [1.807, 2.05) is 41.3 Å². The molecular formula is C22H20ClN3O. The number of carbonyl (C=O) groups excluding carboxylic acids is 1. The van der Waals surface area contributed by atoms with Gasteiger partial charge in [0.25, 0.3) is 5.91 Å². The van der Waals surface area contributed by atoms with Gasteiger partial charge in [0.05, 0.1) is 11.2 Å². The number of aromatic nitrogens is 1. The number of amides is 1. The molecule has 2 aliphatic rings. The normalized spacial score (nSPS) is 19.5. The van der Waals surface area contributed by atoms with E-state index in [0.717, 1.165) is 59.2 Å². The van der Waals surface area contributed by atoms with E-state index in [9.17, 15) is 4.79 Å². The van der Waals surface area contributed by atoms with E-state index in [2.05, 4.69) is 17.4 Å². The maximum Gasteiger partial charge on any atom is 0.254 e. The van der Waals surface area contributed by atoms with Gasteiger partial charge in [0.15, 0.2) is 0 Å². The van der Waals surface area contributed by atoms with Crippen LogP contribution in [-0.2, 0) is 6.54 Å². The second-order valence-corrected chi connectivity index (χ2v) is 7.78. The molecule has 3 aromatic rings. The predicted molar refractivity (Wildman–Crippen MR) is 108 cm³/mol. The Morgan fingerprint density at radius 1 is 1.11 bits per heavy atom. The largest absolute Gasteiger partial charge is 0.330 e. The quantitative estimate of drug-likeness (QED) is 0.725. The SMILES string of the molecule is O=C1c2ccc(-c3ccc4ccc(Cl)cc4n3)cc2CN1C1CCCNC1. The average Bonchev–Trinajstić information content (AvgIpc) is 3.04. The van der Waals surface area contributed by atoms with Crippen molar-refractivity contribution in [1.82, 2.24) is 15.2 Å². The molecule has 1 unspecified atom stereocenters. The highest BCUT2D eigenvalue weighted by Gasteiger charge is 2.33.